The highest BCUT2D eigenvalue weighted by Gasteiger charge is 2.36. The van der Waals surface area contributed by atoms with E-state index in [0.717, 1.165) is 25.9 Å². The van der Waals surface area contributed by atoms with Gasteiger partial charge in [-0.15, -0.1) is 0 Å². The second-order valence-corrected chi connectivity index (χ2v) is 9.00. The first kappa shape index (κ1) is 20.1. The molecule has 0 bridgehead atoms. The van der Waals surface area contributed by atoms with E-state index in [9.17, 15) is 18.0 Å². The van der Waals surface area contributed by atoms with Gasteiger partial charge in [0.2, 0.25) is 21.8 Å². The van der Waals surface area contributed by atoms with Crippen LogP contribution >= 0.6 is 11.6 Å². The molecule has 0 aromatic carbocycles. The third kappa shape index (κ3) is 4.12. The van der Waals surface area contributed by atoms with Gasteiger partial charge in [-0.2, -0.15) is 9.82 Å². The third-order valence-corrected chi connectivity index (χ3v) is 7.15. The zero-order valence-corrected chi connectivity index (χ0v) is 17.0. The fourth-order valence-corrected chi connectivity index (χ4v) is 5.57. The molecule has 1 atom stereocenters. The Labute approximate surface area is 163 Å². The maximum Gasteiger partial charge on any atom is 0.246 e. The van der Waals surface area contributed by atoms with Crippen molar-refractivity contribution < 1.29 is 18.0 Å². The van der Waals surface area contributed by atoms with Crippen molar-refractivity contribution in [3.05, 3.63) is 10.8 Å². The van der Waals surface area contributed by atoms with Crippen LogP contribution in [0.5, 0.6) is 0 Å². The first-order valence-corrected chi connectivity index (χ1v) is 10.8. The van der Waals surface area contributed by atoms with Crippen molar-refractivity contribution in [1.82, 2.24) is 24.3 Å². The van der Waals surface area contributed by atoms with Gasteiger partial charge in [0.25, 0.3) is 0 Å². The lowest BCUT2D eigenvalue weighted by atomic mass is 10.1. The van der Waals surface area contributed by atoms with Gasteiger partial charge in [0.05, 0.1) is 12.2 Å². The normalized spacial score (nSPS) is 21.1. The molecule has 2 amide bonds. The molecule has 1 aromatic rings. The molecular weight excluding hydrogens is 394 g/mol. The number of carbonyl (C=O) groups is 2. The highest BCUT2D eigenvalue weighted by Crippen LogP contribution is 2.25. The van der Waals surface area contributed by atoms with Crippen molar-refractivity contribution >= 4 is 33.4 Å². The van der Waals surface area contributed by atoms with Crippen molar-refractivity contribution in [2.24, 2.45) is 7.05 Å². The van der Waals surface area contributed by atoms with Gasteiger partial charge in [-0.25, -0.2) is 8.42 Å². The van der Waals surface area contributed by atoms with Gasteiger partial charge in [0, 0.05) is 26.7 Å². The second-order valence-electron chi connectivity index (χ2n) is 6.99. The number of nitrogens with one attached hydrogen (secondary N) is 1. The Hall–Kier alpha value is -1.65. The Balaban J connectivity index is 1.71. The molecule has 9 nitrogen and oxygen atoms in total. The first-order valence-electron chi connectivity index (χ1n) is 8.98. The molecule has 0 radical (unpaired) electrons. The van der Waals surface area contributed by atoms with Crippen molar-refractivity contribution in [2.45, 2.75) is 43.5 Å². The summed E-state index contributed by atoms with van der Waals surface area (Å²) < 4.78 is 29.2. The largest absolute Gasteiger partial charge is 0.341 e. The van der Waals surface area contributed by atoms with Gasteiger partial charge in [-0.05, 0) is 32.6 Å². The van der Waals surface area contributed by atoms with Crippen molar-refractivity contribution in [3.63, 3.8) is 0 Å². The van der Waals surface area contributed by atoms with Crippen LogP contribution < -0.4 is 4.72 Å². The molecule has 2 aliphatic rings. The summed E-state index contributed by atoms with van der Waals surface area (Å²) in [5, 5.41) is 4.00. The lowest BCUT2D eigenvalue weighted by molar-refractivity contribution is -0.142. The van der Waals surface area contributed by atoms with E-state index in [1.807, 2.05) is 0 Å². The average Bonchev–Trinajstić information content (AvgIpc) is 3.20. The van der Waals surface area contributed by atoms with Crippen molar-refractivity contribution in [2.75, 3.05) is 26.2 Å². The smallest absolute Gasteiger partial charge is 0.246 e. The van der Waals surface area contributed by atoms with Gasteiger partial charge < -0.3 is 9.80 Å². The number of aryl methyl sites for hydroxylation is 2. The molecular formula is C16H24ClN5O4S. The summed E-state index contributed by atoms with van der Waals surface area (Å²) in [6.45, 7) is 3.42. The number of halogens is 1. The highest BCUT2D eigenvalue weighted by molar-refractivity contribution is 7.89. The maximum atomic E-state index is 12.7. The summed E-state index contributed by atoms with van der Waals surface area (Å²) in [6.07, 6.45) is 2.95. The Morgan fingerprint density at radius 1 is 1.26 bits per heavy atom. The first-order chi connectivity index (χ1) is 12.7. The van der Waals surface area contributed by atoms with E-state index in [1.165, 1.54) is 9.58 Å². The molecule has 1 aromatic heterocycles. The molecule has 3 heterocycles. The Kier molecular flexibility index (Phi) is 5.78. The lowest BCUT2D eigenvalue weighted by Crippen LogP contribution is -2.54. The van der Waals surface area contributed by atoms with Crippen molar-refractivity contribution in [3.8, 4) is 0 Å². The summed E-state index contributed by atoms with van der Waals surface area (Å²) in [6, 6.07) is -0.911. The number of likely N-dealkylation sites (tertiary alicyclic amines) is 2. The fourth-order valence-electron chi connectivity index (χ4n) is 3.60. The topological polar surface area (TPSA) is 105 Å². The molecule has 150 valence electrons. The van der Waals surface area contributed by atoms with E-state index in [4.69, 9.17) is 11.6 Å². The lowest BCUT2D eigenvalue weighted by Gasteiger charge is -2.33. The summed E-state index contributed by atoms with van der Waals surface area (Å²) in [5.74, 6) is -0.467. The van der Waals surface area contributed by atoms with Crippen LogP contribution in [-0.4, -0.2) is 72.0 Å². The van der Waals surface area contributed by atoms with Crippen LogP contribution in [0.2, 0.25) is 5.15 Å². The van der Waals surface area contributed by atoms with Gasteiger partial charge in [0.1, 0.15) is 16.1 Å². The molecule has 2 saturated heterocycles. The number of sulfonamides is 1. The molecule has 2 aliphatic heterocycles. The number of rotatable bonds is 5. The molecule has 0 aliphatic carbocycles. The van der Waals surface area contributed by atoms with Crippen LogP contribution in [0.25, 0.3) is 0 Å². The van der Waals surface area contributed by atoms with E-state index in [-0.39, 0.29) is 34.1 Å². The molecule has 11 heteroatoms. The minimum absolute atomic E-state index is 0.00988. The predicted molar refractivity (Wildman–Crippen MR) is 98.7 cm³/mol. The molecule has 2 fully saturated rings. The summed E-state index contributed by atoms with van der Waals surface area (Å²) >= 11 is 6.06. The monoisotopic (exact) mass is 417 g/mol. The molecule has 0 unspecified atom stereocenters. The molecule has 3 rings (SSSR count). The van der Waals surface area contributed by atoms with Crippen LogP contribution in [0.15, 0.2) is 4.90 Å². The quantitative estimate of drug-likeness (QED) is 0.740. The minimum Gasteiger partial charge on any atom is -0.341 e. The Bertz CT molecular complexity index is 847. The Morgan fingerprint density at radius 3 is 2.52 bits per heavy atom. The van der Waals surface area contributed by atoms with Gasteiger partial charge in [-0.1, -0.05) is 11.6 Å². The number of piperidine rings is 1. The minimum atomic E-state index is -4.01. The maximum absolute atomic E-state index is 12.7. The van der Waals surface area contributed by atoms with Crippen LogP contribution in [0, 0.1) is 6.92 Å². The second kappa shape index (κ2) is 7.76. The standard InChI is InChI=1S/C16H24ClN5O4S/c1-11-14(15(17)20(2)18-11)27(25,26)19-12-6-5-9-22(16(12)24)10-13(23)21-7-3-4-8-21/h12,19H,3-10H2,1-2H3/t12-/m0/s1. The molecule has 0 spiro atoms. The SMILES string of the molecule is Cc1nn(C)c(Cl)c1S(=O)(=O)N[C@H]1CCCN(CC(=O)N2CCCC2)C1=O. The number of hydrogen-bond donors (Lipinski definition) is 1. The van der Waals surface area contributed by atoms with Crippen LogP contribution in [-0.2, 0) is 26.7 Å². The van der Waals surface area contributed by atoms with E-state index in [2.05, 4.69) is 9.82 Å². The van der Waals surface area contributed by atoms with E-state index in [1.54, 1.807) is 18.9 Å². The summed E-state index contributed by atoms with van der Waals surface area (Å²) in [4.78, 5) is 28.1. The predicted octanol–water partition coefficient (Wildman–Crippen LogP) is 0.274. The number of amides is 2. The highest BCUT2D eigenvalue weighted by atomic mass is 35.5. The number of carbonyl (C=O) groups excluding carboxylic acids is 2. The third-order valence-electron chi connectivity index (χ3n) is 4.98. The van der Waals surface area contributed by atoms with Crippen LogP contribution in [0.1, 0.15) is 31.4 Å². The van der Waals surface area contributed by atoms with Crippen LogP contribution in [0.4, 0.5) is 0 Å². The number of aromatic nitrogens is 2. The molecule has 0 saturated carbocycles. The van der Waals surface area contributed by atoms with E-state index < -0.39 is 16.1 Å². The number of hydrogen-bond acceptors (Lipinski definition) is 5. The molecule has 1 N–H and O–H groups in total. The fraction of sp³-hybridized carbons (Fsp3) is 0.688. The zero-order valence-electron chi connectivity index (χ0n) is 15.4. The van der Waals surface area contributed by atoms with E-state index in [0.29, 0.717) is 19.4 Å². The van der Waals surface area contributed by atoms with Crippen LogP contribution in [0.3, 0.4) is 0 Å². The number of nitrogens with zero attached hydrogens (tertiary/aromatic N) is 4. The summed E-state index contributed by atoms with van der Waals surface area (Å²) in [7, 11) is -2.46. The Morgan fingerprint density at radius 2 is 1.93 bits per heavy atom. The average molecular weight is 418 g/mol. The molecule has 27 heavy (non-hydrogen) atoms. The van der Waals surface area contributed by atoms with Gasteiger partial charge >= 0.3 is 0 Å². The van der Waals surface area contributed by atoms with E-state index >= 15 is 0 Å². The van der Waals surface area contributed by atoms with Crippen molar-refractivity contribution in [1.29, 1.82) is 0 Å². The summed E-state index contributed by atoms with van der Waals surface area (Å²) in [5.41, 5.74) is 0.263. The van der Waals surface area contributed by atoms with Gasteiger partial charge in [-0.3, -0.25) is 14.3 Å². The zero-order chi connectivity index (χ0) is 19.8. The van der Waals surface area contributed by atoms with Gasteiger partial charge in [0.15, 0.2) is 0 Å².